The molecule has 1 aromatic carbocycles. The van der Waals surface area contributed by atoms with Gasteiger partial charge in [-0.25, -0.2) is 15.0 Å². The standard InChI is InChI=1S/C20H21N5O3/c1-27-11-5-10-21-18-9-8-16(14-22-18)25-19(26)15-12-23-20(24-13-15)28-17-6-3-2-4-7-17/h2-4,6-9,12-14H,5,10-11H2,1H3,(H,21,22)(H,25,26). The van der Waals surface area contributed by atoms with E-state index in [0.29, 0.717) is 23.6 Å². The summed E-state index contributed by atoms with van der Waals surface area (Å²) in [6, 6.07) is 12.9. The molecule has 0 spiro atoms. The van der Waals surface area contributed by atoms with Gasteiger partial charge in [-0.2, -0.15) is 0 Å². The molecule has 0 unspecified atom stereocenters. The Morgan fingerprint density at radius 2 is 1.79 bits per heavy atom. The molecule has 0 saturated heterocycles. The first kappa shape index (κ1) is 19.2. The van der Waals surface area contributed by atoms with Crippen LogP contribution in [0.1, 0.15) is 16.8 Å². The number of pyridine rings is 1. The Morgan fingerprint density at radius 1 is 1.00 bits per heavy atom. The van der Waals surface area contributed by atoms with Crippen LogP contribution in [0.2, 0.25) is 0 Å². The second-order valence-corrected chi connectivity index (χ2v) is 5.83. The quantitative estimate of drug-likeness (QED) is 0.550. The van der Waals surface area contributed by atoms with Crippen LogP contribution in [0.5, 0.6) is 11.8 Å². The highest BCUT2D eigenvalue weighted by Crippen LogP contribution is 2.17. The number of hydrogen-bond donors (Lipinski definition) is 2. The summed E-state index contributed by atoms with van der Waals surface area (Å²) in [5.74, 6) is 1.04. The van der Waals surface area contributed by atoms with Crippen molar-refractivity contribution in [3.8, 4) is 11.8 Å². The molecule has 3 aromatic rings. The van der Waals surface area contributed by atoms with Gasteiger partial charge in [0.15, 0.2) is 0 Å². The third-order valence-electron chi connectivity index (χ3n) is 3.70. The van der Waals surface area contributed by atoms with Gasteiger partial charge in [0, 0.05) is 32.7 Å². The lowest BCUT2D eigenvalue weighted by atomic mass is 10.3. The van der Waals surface area contributed by atoms with Gasteiger partial charge in [0.1, 0.15) is 11.6 Å². The second kappa shape index (κ2) is 9.98. The van der Waals surface area contributed by atoms with Crippen molar-refractivity contribution >= 4 is 17.4 Å². The summed E-state index contributed by atoms with van der Waals surface area (Å²) >= 11 is 0. The van der Waals surface area contributed by atoms with Gasteiger partial charge in [-0.1, -0.05) is 18.2 Å². The van der Waals surface area contributed by atoms with Crippen molar-refractivity contribution in [1.82, 2.24) is 15.0 Å². The average Bonchev–Trinajstić information content (AvgIpc) is 2.74. The van der Waals surface area contributed by atoms with Crippen LogP contribution < -0.4 is 15.4 Å². The Bertz CT molecular complexity index is 871. The van der Waals surface area contributed by atoms with Crippen LogP contribution in [-0.2, 0) is 4.74 Å². The molecule has 0 atom stereocenters. The maximum atomic E-state index is 12.3. The summed E-state index contributed by atoms with van der Waals surface area (Å²) in [5, 5.41) is 5.94. The molecule has 2 aromatic heterocycles. The van der Waals surface area contributed by atoms with Gasteiger partial charge in [-0.05, 0) is 30.7 Å². The van der Waals surface area contributed by atoms with Crippen LogP contribution in [0.15, 0.2) is 61.1 Å². The van der Waals surface area contributed by atoms with Gasteiger partial charge in [0.25, 0.3) is 5.91 Å². The smallest absolute Gasteiger partial charge is 0.321 e. The normalized spacial score (nSPS) is 10.3. The van der Waals surface area contributed by atoms with E-state index < -0.39 is 0 Å². The first-order valence-corrected chi connectivity index (χ1v) is 8.80. The van der Waals surface area contributed by atoms with Crippen LogP contribution in [0.4, 0.5) is 11.5 Å². The largest absolute Gasteiger partial charge is 0.424 e. The number of benzene rings is 1. The molecular formula is C20H21N5O3. The first-order valence-electron chi connectivity index (χ1n) is 8.80. The lowest BCUT2D eigenvalue weighted by Gasteiger charge is -2.08. The molecule has 28 heavy (non-hydrogen) atoms. The lowest BCUT2D eigenvalue weighted by molar-refractivity contribution is 0.102. The number of aromatic nitrogens is 3. The van der Waals surface area contributed by atoms with Gasteiger partial charge < -0.3 is 20.1 Å². The van der Waals surface area contributed by atoms with E-state index >= 15 is 0 Å². The van der Waals surface area contributed by atoms with Crippen molar-refractivity contribution in [2.24, 2.45) is 0 Å². The van der Waals surface area contributed by atoms with Crippen LogP contribution in [0.25, 0.3) is 0 Å². The van der Waals surface area contributed by atoms with E-state index in [0.717, 1.165) is 18.8 Å². The predicted octanol–water partition coefficient (Wildman–Crippen LogP) is 3.36. The van der Waals surface area contributed by atoms with E-state index in [2.05, 4.69) is 25.6 Å². The Labute approximate surface area is 163 Å². The highest BCUT2D eigenvalue weighted by atomic mass is 16.5. The monoisotopic (exact) mass is 379 g/mol. The average molecular weight is 379 g/mol. The maximum absolute atomic E-state index is 12.3. The molecule has 8 nitrogen and oxygen atoms in total. The number of methoxy groups -OCH3 is 1. The number of carbonyl (C=O) groups excluding carboxylic acids is 1. The fraction of sp³-hybridized carbons (Fsp3) is 0.200. The Hall–Kier alpha value is -3.52. The zero-order valence-electron chi connectivity index (χ0n) is 15.5. The molecule has 0 radical (unpaired) electrons. The summed E-state index contributed by atoms with van der Waals surface area (Å²) in [4.78, 5) is 24.7. The number of rotatable bonds is 9. The number of anilines is 2. The van der Waals surface area contributed by atoms with E-state index in [-0.39, 0.29) is 11.9 Å². The summed E-state index contributed by atoms with van der Waals surface area (Å²) in [5.41, 5.74) is 0.902. The zero-order valence-corrected chi connectivity index (χ0v) is 15.5. The molecule has 0 bridgehead atoms. The molecule has 0 aliphatic carbocycles. The third kappa shape index (κ3) is 5.75. The fourth-order valence-corrected chi connectivity index (χ4v) is 2.29. The molecule has 8 heteroatoms. The Morgan fingerprint density at radius 3 is 2.46 bits per heavy atom. The lowest BCUT2D eigenvalue weighted by Crippen LogP contribution is -2.13. The molecule has 3 rings (SSSR count). The number of amides is 1. The SMILES string of the molecule is COCCCNc1ccc(NC(=O)c2cnc(Oc3ccccc3)nc2)cn1. The Balaban J connectivity index is 1.52. The molecule has 144 valence electrons. The van der Waals surface area contributed by atoms with Gasteiger partial charge in [0.05, 0.1) is 17.4 Å². The molecule has 2 N–H and O–H groups in total. The van der Waals surface area contributed by atoms with Crippen LogP contribution in [0, 0.1) is 0 Å². The van der Waals surface area contributed by atoms with Crippen molar-refractivity contribution < 1.29 is 14.3 Å². The van der Waals surface area contributed by atoms with Crippen molar-refractivity contribution in [3.05, 3.63) is 66.6 Å². The van der Waals surface area contributed by atoms with E-state index in [1.54, 1.807) is 37.6 Å². The van der Waals surface area contributed by atoms with Crippen molar-refractivity contribution in [2.75, 3.05) is 30.9 Å². The summed E-state index contributed by atoms with van der Waals surface area (Å²) in [6.07, 6.45) is 5.31. The third-order valence-corrected chi connectivity index (χ3v) is 3.70. The first-order chi connectivity index (χ1) is 13.7. The van der Waals surface area contributed by atoms with Gasteiger partial charge in [-0.15, -0.1) is 0 Å². The maximum Gasteiger partial charge on any atom is 0.321 e. The predicted molar refractivity (Wildman–Crippen MR) is 106 cm³/mol. The Kier molecular flexibility index (Phi) is 6.86. The number of nitrogens with zero attached hydrogens (tertiary/aromatic N) is 3. The minimum absolute atomic E-state index is 0.174. The minimum atomic E-state index is -0.325. The molecule has 0 fully saturated rings. The number of para-hydroxylation sites is 1. The van der Waals surface area contributed by atoms with E-state index in [1.165, 1.54) is 12.4 Å². The molecule has 0 aliphatic rings. The van der Waals surface area contributed by atoms with E-state index in [9.17, 15) is 4.79 Å². The molecular weight excluding hydrogens is 358 g/mol. The number of hydrogen-bond acceptors (Lipinski definition) is 7. The van der Waals surface area contributed by atoms with Crippen LogP contribution >= 0.6 is 0 Å². The van der Waals surface area contributed by atoms with E-state index in [1.807, 2.05) is 18.2 Å². The van der Waals surface area contributed by atoms with Crippen molar-refractivity contribution in [3.63, 3.8) is 0 Å². The highest BCUT2D eigenvalue weighted by Gasteiger charge is 2.09. The van der Waals surface area contributed by atoms with Gasteiger partial charge in [0.2, 0.25) is 0 Å². The van der Waals surface area contributed by atoms with Gasteiger partial charge >= 0.3 is 6.01 Å². The summed E-state index contributed by atoms with van der Waals surface area (Å²) in [7, 11) is 1.67. The number of nitrogens with one attached hydrogen (secondary N) is 2. The van der Waals surface area contributed by atoms with Crippen LogP contribution in [-0.4, -0.2) is 41.1 Å². The second-order valence-electron chi connectivity index (χ2n) is 5.83. The van der Waals surface area contributed by atoms with Crippen molar-refractivity contribution in [1.29, 1.82) is 0 Å². The number of carbonyl (C=O) groups is 1. The molecule has 1 amide bonds. The van der Waals surface area contributed by atoms with E-state index in [4.69, 9.17) is 9.47 Å². The fourth-order valence-electron chi connectivity index (χ4n) is 2.29. The topological polar surface area (TPSA) is 98.3 Å². The van der Waals surface area contributed by atoms with Crippen molar-refractivity contribution in [2.45, 2.75) is 6.42 Å². The minimum Gasteiger partial charge on any atom is -0.424 e. The molecule has 0 aliphatic heterocycles. The summed E-state index contributed by atoms with van der Waals surface area (Å²) in [6.45, 7) is 1.46. The highest BCUT2D eigenvalue weighted by molar-refractivity contribution is 6.03. The van der Waals surface area contributed by atoms with Gasteiger partial charge in [-0.3, -0.25) is 4.79 Å². The molecule has 2 heterocycles. The summed E-state index contributed by atoms with van der Waals surface area (Å²) < 4.78 is 10.5. The number of ether oxygens (including phenoxy) is 2. The van der Waals surface area contributed by atoms with Crippen LogP contribution in [0.3, 0.4) is 0 Å². The molecule has 0 saturated carbocycles. The zero-order chi connectivity index (χ0) is 19.6.